The van der Waals surface area contributed by atoms with Crippen molar-refractivity contribution < 1.29 is 32.9 Å². The van der Waals surface area contributed by atoms with E-state index in [1.165, 1.54) is 19.2 Å². The first-order valence-corrected chi connectivity index (χ1v) is 7.34. The molecule has 0 radical (unpaired) electrons. The van der Waals surface area contributed by atoms with Gasteiger partial charge in [-0.05, 0) is 12.1 Å². The molecule has 0 aliphatic rings. The number of benzene rings is 1. The van der Waals surface area contributed by atoms with Gasteiger partial charge in [0.2, 0.25) is 9.55 Å². The highest BCUT2D eigenvalue weighted by Crippen LogP contribution is 2.29. The van der Waals surface area contributed by atoms with Crippen molar-refractivity contribution in [1.29, 1.82) is 0 Å². The van der Waals surface area contributed by atoms with Gasteiger partial charge in [-0.15, -0.1) is 0 Å². The molecular formula is C14H12Cl3FO6. The molecule has 10 heteroatoms. The normalized spacial score (nSPS) is 11.7. The van der Waals surface area contributed by atoms with Crippen LogP contribution >= 0.6 is 34.8 Å². The van der Waals surface area contributed by atoms with Crippen LogP contribution in [0.15, 0.2) is 30.2 Å². The number of hydrogen-bond acceptors (Lipinski definition) is 6. The van der Waals surface area contributed by atoms with Gasteiger partial charge in [0.25, 0.3) is 0 Å². The van der Waals surface area contributed by atoms with Crippen molar-refractivity contribution in [2.75, 3.05) is 20.8 Å². The van der Waals surface area contributed by atoms with Crippen LogP contribution in [0.25, 0.3) is 0 Å². The molecule has 0 aliphatic carbocycles. The van der Waals surface area contributed by atoms with Crippen LogP contribution in [-0.4, -0.2) is 36.6 Å². The molecule has 132 valence electrons. The van der Waals surface area contributed by atoms with Crippen molar-refractivity contribution in [1.82, 2.24) is 0 Å². The van der Waals surface area contributed by atoms with Crippen LogP contribution in [0, 0.1) is 5.82 Å². The van der Waals surface area contributed by atoms with E-state index in [0.717, 1.165) is 19.4 Å². The van der Waals surface area contributed by atoms with Gasteiger partial charge < -0.3 is 18.9 Å². The maximum Gasteiger partial charge on any atom is 0.377 e. The van der Waals surface area contributed by atoms with E-state index in [2.05, 4.69) is 9.47 Å². The standard InChI is InChI=1S/C14H12Cl3FO6/c1-21-6-10(12(19)22-2)24-9-5-3-4-8(18)11(9)13(20)23-7-14(15,16)17/h3-6H,7H2,1-2H3. The van der Waals surface area contributed by atoms with Crippen LogP contribution in [-0.2, 0) is 19.0 Å². The van der Waals surface area contributed by atoms with Crippen molar-refractivity contribution in [3.8, 4) is 5.75 Å². The van der Waals surface area contributed by atoms with Crippen LogP contribution in [0.3, 0.4) is 0 Å². The number of alkyl halides is 3. The van der Waals surface area contributed by atoms with Gasteiger partial charge >= 0.3 is 11.9 Å². The Bertz CT molecular complexity index is 642. The van der Waals surface area contributed by atoms with Gasteiger partial charge in [-0.3, -0.25) is 0 Å². The monoisotopic (exact) mass is 400 g/mol. The lowest BCUT2D eigenvalue weighted by Gasteiger charge is -2.14. The third kappa shape index (κ3) is 6.07. The van der Waals surface area contributed by atoms with E-state index in [9.17, 15) is 14.0 Å². The molecule has 1 aromatic carbocycles. The lowest BCUT2D eigenvalue weighted by Crippen LogP contribution is -2.19. The summed E-state index contributed by atoms with van der Waals surface area (Å²) in [6.45, 7) is -0.609. The molecule has 24 heavy (non-hydrogen) atoms. The van der Waals surface area contributed by atoms with Crippen LogP contribution in [0.2, 0.25) is 0 Å². The molecule has 0 heterocycles. The summed E-state index contributed by atoms with van der Waals surface area (Å²) in [5.41, 5.74) is -0.586. The molecule has 0 saturated carbocycles. The number of esters is 2. The largest absolute Gasteiger partial charge is 0.500 e. The number of halogens is 4. The molecule has 0 amide bonds. The van der Waals surface area contributed by atoms with Crippen molar-refractivity contribution in [3.05, 3.63) is 41.6 Å². The van der Waals surface area contributed by atoms with Crippen LogP contribution in [0.4, 0.5) is 4.39 Å². The smallest absolute Gasteiger partial charge is 0.377 e. The van der Waals surface area contributed by atoms with Crippen LogP contribution in [0.5, 0.6) is 5.75 Å². The Balaban J connectivity index is 3.12. The zero-order valence-corrected chi connectivity index (χ0v) is 14.7. The van der Waals surface area contributed by atoms with E-state index in [-0.39, 0.29) is 5.75 Å². The molecule has 1 rings (SSSR count). The lowest BCUT2D eigenvalue weighted by atomic mass is 10.2. The fourth-order valence-corrected chi connectivity index (χ4v) is 1.61. The average Bonchev–Trinajstić information content (AvgIpc) is 2.51. The molecule has 0 aliphatic heterocycles. The minimum atomic E-state index is -1.87. The predicted octanol–water partition coefficient (Wildman–Crippen LogP) is 3.39. The fraction of sp³-hybridized carbons (Fsp3) is 0.286. The van der Waals surface area contributed by atoms with Gasteiger partial charge in [0.15, 0.2) is 0 Å². The lowest BCUT2D eigenvalue weighted by molar-refractivity contribution is -0.138. The van der Waals surface area contributed by atoms with Crippen molar-refractivity contribution in [2.45, 2.75) is 3.79 Å². The van der Waals surface area contributed by atoms with Crippen molar-refractivity contribution in [2.24, 2.45) is 0 Å². The van der Waals surface area contributed by atoms with E-state index in [1.807, 2.05) is 0 Å². The summed E-state index contributed by atoms with van der Waals surface area (Å²) in [5, 5.41) is 0. The molecule has 0 unspecified atom stereocenters. The number of rotatable bonds is 6. The van der Waals surface area contributed by atoms with Crippen LogP contribution < -0.4 is 4.74 Å². The first-order valence-electron chi connectivity index (χ1n) is 6.21. The van der Waals surface area contributed by atoms with Gasteiger partial charge in [0.05, 0.1) is 14.2 Å². The Morgan fingerprint density at radius 3 is 2.46 bits per heavy atom. The average molecular weight is 402 g/mol. The second kappa shape index (κ2) is 8.96. The third-order valence-corrected chi connectivity index (χ3v) is 2.71. The molecule has 0 atom stereocenters. The highest BCUT2D eigenvalue weighted by Gasteiger charge is 2.27. The summed E-state index contributed by atoms with van der Waals surface area (Å²) in [4.78, 5) is 23.6. The van der Waals surface area contributed by atoms with Gasteiger partial charge in [0.1, 0.15) is 30.0 Å². The van der Waals surface area contributed by atoms with E-state index in [1.54, 1.807) is 0 Å². The van der Waals surface area contributed by atoms with Crippen molar-refractivity contribution >= 4 is 46.7 Å². The van der Waals surface area contributed by atoms with E-state index >= 15 is 0 Å². The van der Waals surface area contributed by atoms with Crippen molar-refractivity contribution in [3.63, 3.8) is 0 Å². The Morgan fingerprint density at radius 1 is 1.25 bits per heavy atom. The quantitative estimate of drug-likeness (QED) is 0.315. The fourth-order valence-electron chi connectivity index (χ4n) is 1.45. The Hall–Kier alpha value is -1.70. The second-order valence-corrected chi connectivity index (χ2v) is 6.63. The molecular weight excluding hydrogens is 390 g/mol. The van der Waals surface area contributed by atoms with Gasteiger partial charge in [-0.2, -0.15) is 0 Å². The number of ether oxygens (including phenoxy) is 4. The molecule has 0 aromatic heterocycles. The summed E-state index contributed by atoms with van der Waals surface area (Å²) >= 11 is 16.4. The first-order chi connectivity index (χ1) is 11.2. The third-order valence-electron chi connectivity index (χ3n) is 2.38. The molecule has 0 bridgehead atoms. The first kappa shape index (κ1) is 20.3. The summed E-state index contributed by atoms with van der Waals surface area (Å²) in [7, 11) is 2.37. The SMILES string of the molecule is COC=C(Oc1cccc(F)c1C(=O)OCC(Cl)(Cl)Cl)C(=O)OC. The van der Waals surface area contributed by atoms with E-state index in [0.29, 0.717) is 0 Å². The molecule has 0 fully saturated rings. The topological polar surface area (TPSA) is 71.1 Å². The Morgan fingerprint density at radius 2 is 1.92 bits per heavy atom. The maximum atomic E-state index is 14.0. The molecule has 0 spiro atoms. The maximum absolute atomic E-state index is 14.0. The zero-order chi connectivity index (χ0) is 18.3. The molecule has 1 aromatic rings. The summed E-state index contributed by atoms with van der Waals surface area (Å²) < 4.78 is 31.2. The number of methoxy groups -OCH3 is 2. The van der Waals surface area contributed by atoms with E-state index in [4.69, 9.17) is 44.3 Å². The summed E-state index contributed by atoms with van der Waals surface area (Å²) in [6.07, 6.45) is 0.924. The molecule has 0 saturated heterocycles. The second-order valence-electron chi connectivity index (χ2n) is 4.12. The number of carbonyl (C=O) groups excluding carboxylic acids is 2. The highest BCUT2D eigenvalue weighted by atomic mass is 35.6. The minimum absolute atomic E-state index is 0.307. The summed E-state index contributed by atoms with van der Waals surface area (Å²) in [5.74, 6) is -3.72. The number of hydrogen-bond donors (Lipinski definition) is 0. The van der Waals surface area contributed by atoms with Gasteiger partial charge in [-0.1, -0.05) is 40.9 Å². The Labute approximate surface area is 152 Å². The molecule has 6 nitrogen and oxygen atoms in total. The van der Waals surface area contributed by atoms with Gasteiger partial charge in [-0.25, -0.2) is 14.0 Å². The van der Waals surface area contributed by atoms with Gasteiger partial charge in [0, 0.05) is 0 Å². The zero-order valence-electron chi connectivity index (χ0n) is 12.5. The Kier molecular flexibility index (Phi) is 7.59. The predicted molar refractivity (Wildman–Crippen MR) is 84.7 cm³/mol. The van der Waals surface area contributed by atoms with Crippen LogP contribution in [0.1, 0.15) is 10.4 Å². The molecule has 0 N–H and O–H groups in total. The minimum Gasteiger partial charge on any atom is -0.500 e. The van der Waals surface area contributed by atoms with E-state index < -0.39 is 39.5 Å². The number of carbonyl (C=O) groups is 2. The highest BCUT2D eigenvalue weighted by molar-refractivity contribution is 6.67. The summed E-state index contributed by atoms with van der Waals surface area (Å²) in [6, 6.07) is 3.50.